The first-order valence-electron chi connectivity index (χ1n) is 7.24. The molecule has 0 atom stereocenters. The van der Waals surface area contributed by atoms with Crippen molar-refractivity contribution in [3.8, 4) is 0 Å². The normalized spacial score (nSPS) is 11.3. The minimum Gasteiger partial charge on any atom is -0.481 e. The van der Waals surface area contributed by atoms with Gasteiger partial charge in [0.15, 0.2) is 0 Å². The molecule has 24 heavy (non-hydrogen) atoms. The summed E-state index contributed by atoms with van der Waals surface area (Å²) in [5, 5.41) is 9.06. The zero-order chi connectivity index (χ0) is 18.1. The molecule has 0 fully saturated rings. The van der Waals surface area contributed by atoms with E-state index >= 15 is 0 Å². The van der Waals surface area contributed by atoms with E-state index < -0.39 is 16.0 Å². The highest BCUT2D eigenvalue weighted by Gasteiger charge is 2.24. The third-order valence-corrected chi connectivity index (χ3v) is 5.36. The molecule has 1 heterocycles. The van der Waals surface area contributed by atoms with E-state index in [9.17, 15) is 13.2 Å². The van der Waals surface area contributed by atoms with E-state index in [0.717, 1.165) is 5.56 Å². The van der Waals surface area contributed by atoms with Crippen LogP contribution < -0.4 is 4.72 Å². The van der Waals surface area contributed by atoms with Crippen molar-refractivity contribution >= 4 is 21.7 Å². The number of carbonyl (C=O) groups is 1. The number of aryl methyl sites for hydroxylation is 3. The largest absolute Gasteiger partial charge is 0.481 e. The molecule has 8 heteroatoms. The Morgan fingerprint density at radius 2 is 1.71 bits per heavy atom. The average Bonchev–Trinajstić information content (AvgIpc) is 2.45. The SMILES string of the molecule is Cc1ncc(NS(=O)(=O)c2c(C)cc(C)c(CC(=O)O)c2C)cn1. The predicted molar refractivity (Wildman–Crippen MR) is 89.6 cm³/mol. The molecule has 1 aromatic heterocycles. The smallest absolute Gasteiger partial charge is 0.307 e. The van der Waals surface area contributed by atoms with Crippen molar-refractivity contribution in [1.29, 1.82) is 0 Å². The highest BCUT2D eigenvalue weighted by molar-refractivity contribution is 7.92. The number of sulfonamides is 1. The molecule has 0 radical (unpaired) electrons. The second kappa shape index (κ2) is 6.56. The Morgan fingerprint density at radius 3 is 2.25 bits per heavy atom. The highest BCUT2D eigenvalue weighted by atomic mass is 32.2. The van der Waals surface area contributed by atoms with Gasteiger partial charge in [0, 0.05) is 0 Å². The number of aliphatic carboxylic acids is 1. The van der Waals surface area contributed by atoms with E-state index in [-0.39, 0.29) is 17.0 Å². The maximum Gasteiger partial charge on any atom is 0.307 e. The van der Waals surface area contributed by atoms with Crippen LogP contribution in [0, 0.1) is 27.7 Å². The zero-order valence-corrected chi connectivity index (χ0v) is 14.7. The van der Waals surface area contributed by atoms with Gasteiger partial charge >= 0.3 is 5.97 Å². The van der Waals surface area contributed by atoms with Gasteiger partial charge < -0.3 is 5.11 Å². The number of nitrogens with zero attached hydrogens (tertiary/aromatic N) is 2. The summed E-state index contributed by atoms with van der Waals surface area (Å²) in [6.45, 7) is 6.78. The highest BCUT2D eigenvalue weighted by Crippen LogP contribution is 2.28. The van der Waals surface area contributed by atoms with Crippen LogP contribution in [0.3, 0.4) is 0 Å². The standard InChI is InChI=1S/C16H19N3O4S/c1-9-5-10(2)16(11(3)14(9)6-15(20)21)24(22,23)19-13-7-17-12(4)18-8-13/h5,7-8,19H,6H2,1-4H3,(H,20,21). The van der Waals surface area contributed by atoms with Crippen LogP contribution in [0.1, 0.15) is 28.1 Å². The number of benzene rings is 1. The third kappa shape index (κ3) is 3.70. The van der Waals surface area contributed by atoms with Crippen LogP contribution in [-0.4, -0.2) is 29.5 Å². The molecule has 0 unspecified atom stereocenters. The molecule has 0 aliphatic heterocycles. The molecule has 1 aromatic carbocycles. The lowest BCUT2D eigenvalue weighted by Crippen LogP contribution is -2.18. The molecule has 0 saturated heterocycles. The number of aromatic nitrogens is 2. The molecule has 2 N–H and O–H groups in total. The summed E-state index contributed by atoms with van der Waals surface area (Å²) in [7, 11) is -3.89. The monoisotopic (exact) mass is 349 g/mol. The summed E-state index contributed by atoms with van der Waals surface area (Å²) >= 11 is 0. The number of anilines is 1. The lowest BCUT2D eigenvalue weighted by molar-refractivity contribution is -0.136. The van der Waals surface area contributed by atoms with Crippen LogP contribution in [0.25, 0.3) is 0 Å². The second-order valence-electron chi connectivity index (χ2n) is 5.64. The minimum absolute atomic E-state index is 0.0879. The second-order valence-corrected chi connectivity index (χ2v) is 7.26. The summed E-state index contributed by atoms with van der Waals surface area (Å²) in [4.78, 5) is 19.1. The van der Waals surface area contributed by atoms with Gasteiger partial charge in [-0.05, 0) is 49.9 Å². The Balaban J connectivity index is 2.53. The Hall–Kier alpha value is -2.48. The van der Waals surface area contributed by atoms with Crippen LogP contribution in [0.4, 0.5) is 5.69 Å². The van der Waals surface area contributed by atoms with Crippen molar-refractivity contribution in [2.75, 3.05) is 4.72 Å². The Kier molecular flexibility index (Phi) is 4.88. The van der Waals surface area contributed by atoms with Crippen molar-refractivity contribution < 1.29 is 18.3 Å². The first-order chi connectivity index (χ1) is 11.1. The molecule has 7 nitrogen and oxygen atoms in total. The van der Waals surface area contributed by atoms with Gasteiger partial charge in [0.1, 0.15) is 5.82 Å². The van der Waals surface area contributed by atoms with Crippen LogP contribution in [0.2, 0.25) is 0 Å². The molecule has 0 amide bonds. The fourth-order valence-corrected chi connectivity index (χ4v) is 4.22. The molecule has 2 aromatic rings. The fourth-order valence-electron chi connectivity index (χ4n) is 2.69. The fraction of sp³-hybridized carbons (Fsp3) is 0.312. The molecular weight excluding hydrogens is 330 g/mol. The molecule has 128 valence electrons. The van der Waals surface area contributed by atoms with Crippen molar-refractivity contribution in [1.82, 2.24) is 9.97 Å². The van der Waals surface area contributed by atoms with E-state index in [1.165, 1.54) is 12.4 Å². The predicted octanol–water partition coefficient (Wildman–Crippen LogP) is 2.14. The zero-order valence-electron chi connectivity index (χ0n) is 13.9. The summed E-state index contributed by atoms with van der Waals surface area (Å²) < 4.78 is 28.0. The molecule has 0 aliphatic carbocycles. The Labute approximate surface area is 140 Å². The lowest BCUT2D eigenvalue weighted by atomic mass is 9.97. The first-order valence-corrected chi connectivity index (χ1v) is 8.73. The maximum absolute atomic E-state index is 12.8. The van der Waals surface area contributed by atoms with Gasteiger partial charge in [-0.2, -0.15) is 0 Å². The molecule has 0 spiro atoms. The van der Waals surface area contributed by atoms with E-state index in [2.05, 4.69) is 14.7 Å². The van der Waals surface area contributed by atoms with Crippen LogP contribution in [0.15, 0.2) is 23.4 Å². The van der Waals surface area contributed by atoms with Gasteiger partial charge in [0.25, 0.3) is 10.0 Å². The van der Waals surface area contributed by atoms with Crippen molar-refractivity contribution in [2.45, 2.75) is 39.0 Å². The quantitative estimate of drug-likeness (QED) is 0.856. The summed E-state index contributed by atoms with van der Waals surface area (Å²) in [5.41, 5.74) is 2.51. The van der Waals surface area contributed by atoms with Gasteiger partial charge in [-0.1, -0.05) is 6.07 Å². The van der Waals surface area contributed by atoms with E-state index in [1.807, 2.05) is 0 Å². The minimum atomic E-state index is -3.89. The molecule has 0 saturated carbocycles. The number of carboxylic acid groups (broad SMARTS) is 1. The summed E-state index contributed by atoms with van der Waals surface area (Å²) in [6, 6.07) is 1.69. The van der Waals surface area contributed by atoms with E-state index in [1.54, 1.807) is 33.8 Å². The van der Waals surface area contributed by atoms with Crippen molar-refractivity contribution in [3.05, 3.63) is 46.5 Å². The van der Waals surface area contributed by atoms with Gasteiger partial charge in [-0.3, -0.25) is 9.52 Å². The van der Waals surface area contributed by atoms with Crippen LogP contribution in [0.5, 0.6) is 0 Å². The van der Waals surface area contributed by atoms with E-state index in [0.29, 0.717) is 22.5 Å². The lowest BCUT2D eigenvalue weighted by Gasteiger charge is -2.17. The number of carboxylic acids is 1. The van der Waals surface area contributed by atoms with Gasteiger partial charge in [0.2, 0.25) is 0 Å². The molecule has 2 rings (SSSR count). The number of nitrogens with one attached hydrogen (secondary N) is 1. The number of rotatable bonds is 5. The van der Waals surface area contributed by atoms with Crippen molar-refractivity contribution in [3.63, 3.8) is 0 Å². The third-order valence-electron chi connectivity index (χ3n) is 3.69. The molecule has 0 bridgehead atoms. The van der Waals surface area contributed by atoms with Crippen LogP contribution >= 0.6 is 0 Å². The maximum atomic E-state index is 12.8. The number of hydrogen-bond acceptors (Lipinski definition) is 5. The first kappa shape index (κ1) is 17.9. The average molecular weight is 349 g/mol. The van der Waals surface area contributed by atoms with Gasteiger partial charge in [-0.15, -0.1) is 0 Å². The summed E-state index contributed by atoms with van der Waals surface area (Å²) in [6.07, 6.45) is 2.54. The Bertz CT molecular complexity index is 891. The molecule has 0 aliphatic rings. The van der Waals surface area contributed by atoms with Gasteiger partial charge in [-0.25, -0.2) is 18.4 Å². The Morgan fingerprint density at radius 1 is 1.12 bits per heavy atom. The van der Waals surface area contributed by atoms with E-state index in [4.69, 9.17) is 5.11 Å². The topological polar surface area (TPSA) is 109 Å². The van der Waals surface area contributed by atoms with Crippen LogP contribution in [-0.2, 0) is 21.2 Å². The molecular formula is C16H19N3O4S. The van der Waals surface area contributed by atoms with Crippen molar-refractivity contribution in [2.24, 2.45) is 0 Å². The van der Waals surface area contributed by atoms with Gasteiger partial charge in [0.05, 0.1) is 29.4 Å². The number of hydrogen-bond donors (Lipinski definition) is 2. The summed E-state index contributed by atoms with van der Waals surface area (Å²) in [5.74, 6) is -0.474.